The zero-order valence-corrected chi connectivity index (χ0v) is 12.9. The van der Waals surface area contributed by atoms with Gasteiger partial charge in [-0.15, -0.1) is 0 Å². The molecular formula is C18H13F4NO2. The molecule has 0 unspecified atom stereocenters. The van der Waals surface area contributed by atoms with E-state index in [0.717, 1.165) is 24.3 Å². The molecule has 3 nitrogen and oxygen atoms in total. The van der Waals surface area contributed by atoms with Gasteiger partial charge in [-0.3, -0.25) is 4.79 Å². The molecule has 2 aromatic rings. The minimum Gasteiger partial charge on any atom is -0.478 e. The Kier molecular flexibility index (Phi) is 6.01. The molecule has 0 radical (unpaired) electrons. The molecule has 0 fully saturated rings. The van der Waals surface area contributed by atoms with Gasteiger partial charge in [0.2, 0.25) is 0 Å². The van der Waals surface area contributed by atoms with Crippen LogP contribution in [-0.4, -0.2) is 19.1 Å². The summed E-state index contributed by atoms with van der Waals surface area (Å²) < 4.78 is 55.7. The summed E-state index contributed by atoms with van der Waals surface area (Å²) in [5, 5.41) is 2.44. The van der Waals surface area contributed by atoms with Crippen LogP contribution in [0, 0.1) is 17.7 Å². The number of hydrogen-bond donors (Lipinski definition) is 1. The summed E-state index contributed by atoms with van der Waals surface area (Å²) in [5.74, 6) is 4.23. The predicted octanol–water partition coefficient (Wildman–Crippen LogP) is 3.66. The van der Waals surface area contributed by atoms with Crippen molar-refractivity contribution in [3.8, 4) is 17.6 Å². The van der Waals surface area contributed by atoms with Gasteiger partial charge in [-0.05, 0) is 36.4 Å². The summed E-state index contributed by atoms with van der Waals surface area (Å²) in [7, 11) is 0. The number of halogens is 4. The zero-order chi connectivity index (χ0) is 18.3. The molecule has 0 spiro atoms. The third-order valence-electron chi connectivity index (χ3n) is 3.07. The number of ether oxygens (including phenoxy) is 1. The fourth-order valence-corrected chi connectivity index (χ4v) is 1.83. The van der Waals surface area contributed by atoms with E-state index in [9.17, 15) is 22.4 Å². The van der Waals surface area contributed by atoms with Crippen LogP contribution in [0.1, 0.15) is 15.9 Å². The summed E-state index contributed by atoms with van der Waals surface area (Å²) in [6, 6.07) is 9.72. The molecule has 0 aliphatic carbocycles. The van der Waals surface area contributed by atoms with Gasteiger partial charge in [0, 0.05) is 5.56 Å². The molecule has 0 bridgehead atoms. The van der Waals surface area contributed by atoms with Crippen LogP contribution in [0.15, 0.2) is 48.5 Å². The van der Waals surface area contributed by atoms with Crippen molar-refractivity contribution in [2.75, 3.05) is 13.2 Å². The standard InChI is InChI=1S/C18H13F4NO2/c19-15-5-1-2-6-16(15)25-12-4-3-11-23-17(24)13-7-9-14(10-8-13)18(20,21)22/h1-2,5-10H,11-12H2,(H,23,24). The van der Waals surface area contributed by atoms with E-state index in [2.05, 4.69) is 17.2 Å². The second kappa shape index (κ2) is 8.20. The average molecular weight is 351 g/mol. The van der Waals surface area contributed by atoms with E-state index in [0.29, 0.717) is 0 Å². The SMILES string of the molecule is O=C(NCC#CCOc1ccccc1F)c1ccc(C(F)(F)F)cc1. The van der Waals surface area contributed by atoms with Crippen LogP contribution in [0.25, 0.3) is 0 Å². The summed E-state index contributed by atoms with van der Waals surface area (Å²) in [6.07, 6.45) is -4.45. The van der Waals surface area contributed by atoms with Crippen LogP contribution >= 0.6 is 0 Å². The highest BCUT2D eigenvalue weighted by atomic mass is 19.4. The number of alkyl halides is 3. The summed E-state index contributed by atoms with van der Waals surface area (Å²) in [5.41, 5.74) is -0.730. The Morgan fingerprint density at radius 2 is 1.72 bits per heavy atom. The molecule has 0 aromatic heterocycles. The molecule has 0 saturated heterocycles. The van der Waals surface area contributed by atoms with Crippen molar-refractivity contribution in [2.45, 2.75) is 6.18 Å². The first-order valence-corrected chi connectivity index (χ1v) is 7.16. The Hall–Kier alpha value is -3.01. The third kappa shape index (κ3) is 5.53. The van der Waals surface area contributed by atoms with Crippen LogP contribution in [0.2, 0.25) is 0 Å². The number of benzene rings is 2. The van der Waals surface area contributed by atoms with Crippen molar-refractivity contribution < 1.29 is 27.1 Å². The van der Waals surface area contributed by atoms with E-state index in [-0.39, 0.29) is 24.5 Å². The van der Waals surface area contributed by atoms with E-state index < -0.39 is 23.5 Å². The maximum absolute atomic E-state index is 13.3. The van der Waals surface area contributed by atoms with Gasteiger partial charge in [-0.1, -0.05) is 24.0 Å². The molecule has 1 amide bonds. The van der Waals surface area contributed by atoms with Crippen LogP contribution in [0.5, 0.6) is 5.75 Å². The first kappa shape index (κ1) is 18.3. The van der Waals surface area contributed by atoms with Crippen LogP contribution < -0.4 is 10.1 Å². The maximum atomic E-state index is 13.3. The molecule has 25 heavy (non-hydrogen) atoms. The van der Waals surface area contributed by atoms with E-state index in [1.54, 1.807) is 6.07 Å². The van der Waals surface area contributed by atoms with Gasteiger partial charge in [0.25, 0.3) is 5.91 Å². The minimum atomic E-state index is -4.45. The second-order valence-corrected chi connectivity index (χ2v) is 4.83. The van der Waals surface area contributed by atoms with Gasteiger partial charge in [-0.2, -0.15) is 13.2 Å². The molecule has 2 aromatic carbocycles. The molecule has 130 valence electrons. The monoisotopic (exact) mass is 351 g/mol. The molecule has 2 rings (SSSR count). The van der Waals surface area contributed by atoms with E-state index >= 15 is 0 Å². The van der Waals surface area contributed by atoms with Crippen molar-refractivity contribution in [3.05, 3.63) is 65.5 Å². The number of hydrogen-bond acceptors (Lipinski definition) is 2. The molecule has 0 atom stereocenters. The number of amides is 1. The zero-order valence-electron chi connectivity index (χ0n) is 12.9. The lowest BCUT2D eigenvalue weighted by Crippen LogP contribution is -2.23. The van der Waals surface area contributed by atoms with Gasteiger partial charge in [0.15, 0.2) is 11.6 Å². The van der Waals surface area contributed by atoms with Crippen molar-refractivity contribution >= 4 is 5.91 Å². The third-order valence-corrected chi connectivity index (χ3v) is 3.07. The lowest BCUT2D eigenvalue weighted by Gasteiger charge is -2.07. The quantitative estimate of drug-likeness (QED) is 0.674. The van der Waals surface area contributed by atoms with Crippen molar-refractivity contribution in [1.82, 2.24) is 5.32 Å². The lowest BCUT2D eigenvalue weighted by molar-refractivity contribution is -0.137. The predicted molar refractivity (Wildman–Crippen MR) is 83.4 cm³/mol. The van der Waals surface area contributed by atoms with Gasteiger partial charge in [-0.25, -0.2) is 4.39 Å². The molecule has 0 heterocycles. The Bertz CT molecular complexity index is 789. The van der Waals surface area contributed by atoms with Crippen molar-refractivity contribution in [2.24, 2.45) is 0 Å². The highest BCUT2D eigenvalue weighted by molar-refractivity contribution is 5.94. The molecule has 0 aliphatic rings. The highest BCUT2D eigenvalue weighted by Crippen LogP contribution is 2.29. The Morgan fingerprint density at radius 1 is 1.04 bits per heavy atom. The van der Waals surface area contributed by atoms with E-state index in [1.165, 1.54) is 18.2 Å². The van der Waals surface area contributed by atoms with Crippen LogP contribution in [0.3, 0.4) is 0 Å². The van der Waals surface area contributed by atoms with Crippen molar-refractivity contribution in [3.63, 3.8) is 0 Å². The fraction of sp³-hybridized carbons (Fsp3) is 0.167. The molecular weight excluding hydrogens is 338 g/mol. The first-order chi connectivity index (χ1) is 11.9. The van der Waals surface area contributed by atoms with Gasteiger partial charge < -0.3 is 10.1 Å². The Labute approximate surface area is 141 Å². The Morgan fingerprint density at radius 3 is 2.36 bits per heavy atom. The van der Waals surface area contributed by atoms with E-state index in [1.807, 2.05) is 0 Å². The van der Waals surface area contributed by atoms with E-state index in [4.69, 9.17) is 4.74 Å². The second-order valence-electron chi connectivity index (χ2n) is 4.83. The number of nitrogens with one attached hydrogen (secondary N) is 1. The number of carbonyl (C=O) groups excluding carboxylic acids is 1. The molecule has 1 N–H and O–H groups in total. The smallest absolute Gasteiger partial charge is 0.416 e. The number of para-hydroxylation sites is 1. The molecule has 7 heteroatoms. The van der Waals surface area contributed by atoms with Gasteiger partial charge >= 0.3 is 6.18 Å². The lowest BCUT2D eigenvalue weighted by atomic mass is 10.1. The van der Waals surface area contributed by atoms with Crippen LogP contribution in [-0.2, 0) is 6.18 Å². The highest BCUT2D eigenvalue weighted by Gasteiger charge is 2.30. The summed E-state index contributed by atoms with van der Waals surface area (Å²) >= 11 is 0. The fourth-order valence-electron chi connectivity index (χ4n) is 1.83. The molecule has 0 aliphatic heterocycles. The maximum Gasteiger partial charge on any atom is 0.416 e. The topological polar surface area (TPSA) is 38.3 Å². The average Bonchev–Trinajstić information content (AvgIpc) is 2.58. The number of rotatable bonds is 4. The molecule has 0 saturated carbocycles. The minimum absolute atomic E-state index is 0.0134. The largest absolute Gasteiger partial charge is 0.478 e. The van der Waals surface area contributed by atoms with Crippen molar-refractivity contribution in [1.29, 1.82) is 0 Å². The van der Waals surface area contributed by atoms with Gasteiger partial charge in [0.1, 0.15) is 6.61 Å². The Balaban J connectivity index is 1.78. The first-order valence-electron chi connectivity index (χ1n) is 7.16. The van der Waals surface area contributed by atoms with Crippen LogP contribution in [0.4, 0.5) is 17.6 Å². The number of carbonyl (C=O) groups is 1. The summed E-state index contributed by atoms with van der Waals surface area (Å²) in [4.78, 5) is 11.8. The summed E-state index contributed by atoms with van der Waals surface area (Å²) in [6.45, 7) is -0.0719. The normalized spacial score (nSPS) is 10.6. The van der Waals surface area contributed by atoms with Gasteiger partial charge in [0.05, 0.1) is 12.1 Å².